The van der Waals surface area contributed by atoms with Crippen molar-refractivity contribution < 1.29 is 0 Å². The largest absolute Gasteiger partial charge is 0.314 e. The summed E-state index contributed by atoms with van der Waals surface area (Å²) in [6.07, 6.45) is 14.4. The SMILES string of the molecule is C1=CC2=CC=C(N(c3ccccc3)c3ccc(-c4c5ccccc5c(-c5ccc(N(c6ccccc6)c6ccc7ccccc7c6)cc5)c5ccccc45)cc3)CC2C=C1. The summed E-state index contributed by atoms with van der Waals surface area (Å²) < 4.78 is 0. The van der Waals surface area contributed by atoms with Gasteiger partial charge in [-0.2, -0.15) is 0 Å². The first-order valence-corrected chi connectivity index (χ1v) is 20.9. The molecule has 0 aromatic heterocycles. The van der Waals surface area contributed by atoms with Crippen molar-refractivity contribution in [2.45, 2.75) is 6.42 Å². The monoisotopic (exact) mass is 766 g/mol. The van der Waals surface area contributed by atoms with Gasteiger partial charge in [0.2, 0.25) is 0 Å². The minimum atomic E-state index is 0.389. The molecule has 0 spiro atoms. The third-order valence-corrected chi connectivity index (χ3v) is 12.1. The van der Waals surface area contributed by atoms with E-state index in [0.29, 0.717) is 5.92 Å². The molecule has 9 aromatic rings. The van der Waals surface area contributed by atoms with E-state index in [2.05, 4.69) is 246 Å². The molecule has 2 aliphatic carbocycles. The molecule has 1 unspecified atom stereocenters. The molecule has 2 heteroatoms. The predicted octanol–water partition coefficient (Wildman–Crippen LogP) is 16.0. The third-order valence-electron chi connectivity index (χ3n) is 12.1. The van der Waals surface area contributed by atoms with Crippen LogP contribution in [-0.4, -0.2) is 0 Å². The fourth-order valence-electron chi connectivity index (χ4n) is 9.32. The maximum Gasteiger partial charge on any atom is 0.0468 e. The van der Waals surface area contributed by atoms with Gasteiger partial charge in [-0.15, -0.1) is 0 Å². The van der Waals surface area contributed by atoms with E-state index < -0.39 is 0 Å². The summed E-state index contributed by atoms with van der Waals surface area (Å²) in [5.74, 6) is 0.389. The molecule has 0 bridgehead atoms. The van der Waals surface area contributed by atoms with Gasteiger partial charge in [0.05, 0.1) is 0 Å². The van der Waals surface area contributed by atoms with Crippen molar-refractivity contribution in [1.29, 1.82) is 0 Å². The van der Waals surface area contributed by atoms with Gasteiger partial charge in [0.15, 0.2) is 0 Å². The number of benzene rings is 9. The van der Waals surface area contributed by atoms with Crippen molar-refractivity contribution in [3.63, 3.8) is 0 Å². The highest BCUT2D eigenvalue weighted by Gasteiger charge is 2.24. The molecule has 9 aromatic carbocycles. The molecule has 2 nitrogen and oxygen atoms in total. The zero-order valence-corrected chi connectivity index (χ0v) is 33.2. The van der Waals surface area contributed by atoms with Gasteiger partial charge in [0, 0.05) is 40.1 Å². The molecule has 0 amide bonds. The highest BCUT2D eigenvalue weighted by Crippen LogP contribution is 2.46. The van der Waals surface area contributed by atoms with Crippen LogP contribution in [0.5, 0.6) is 0 Å². The van der Waals surface area contributed by atoms with E-state index in [-0.39, 0.29) is 0 Å². The quantitative estimate of drug-likeness (QED) is 0.142. The Balaban J connectivity index is 1.00. The first-order chi connectivity index (χ1) is 29.8. The zero-order chi connectivity index (χ0) is 39.8. The van der Waals surface area contributed by atoms with Gasteiger partial charge >= 0.3 is 0 Å². The molecule has 11 rings (SSSR count). The van der Waals surface area contributed by atoms with Gasteiger partial charge in [-0.05, 0) is 133 Å². The molecule has 0 saturated heterocycles. The Morgan fingerprint density at radius 2 is 0.833 bits per heavy atom. The number of rotatable bonds is 8. The standard InChI is InChI=1S/C58H42N2/c1-3-19-47(20-4-1)59(51-37-27-41-15-7-9-17-45(41)39-51)49-33-29-43(30-34-49)57-53-23-11-13-25-55(53)58(56-26-14-12-24-54(56)57)44-31-35-50(36-32-44)60(48-21-5-2-6-22-48)52-38-28-42-16-8-10-18-46(42)40-52/h1-39,46H,40H2. The van der Waals surface area contributed by atoms with Crippen molar-refractivity contribution in [3.05, 3.63) is 248 Å². The van der Waals surface area contributed by atoms with Crippen LogP contribution in [0.3, 0.4) is 0 Å². The Bertz CT molecular complexity index is 3100. The number of fused-ring (bicyclic) bond motifs is 4. The molecular weight excluding hydrogens is 725 g/mol. The van der Waals surface area contributed by atoms with Gasteiger partial charge in [-0.1, -0.05) is 170 Å². The number of anilines is 5. The molecule has 60 heavy (non-hydrogen) atoms. The Hall–Kier alpha value is -7.68. The number of hydrogen-bond acceptors (Lipinski definition) is 2. The predicted molar refractivity (Wildman–Crippen MR) is 256 cm³/mol. The van der Waals surface area contributed by atoms with Crippen LogP contribution in [0.4, 0.5) is 28.4 Å². The smallest absolute Gasteiger partial charge is 0.0468 e. The van der Waals surface area contributed by atoms with Crippen LogP contribution in [0.2, 0.25) is 0 Å². The number of allylic oxidation sites excluding steroid dienone is 8. The Labute approximate surface area is 351 Å². The van der Waals surface area contributed by atoms with Gasteiger partial charge in [0.1, 0.15) is 0 Å². The van der Waals surface area contributed by atoms with Crippen molar-refractivity contribution >= 4 is 60.8 Å². The minimum absolute atomic E-state index is 0.389. The molecular formula is C58H42N2. The van der Waals surface area contributed by atoms with Crippen LogP contribution in [-0.2, 0) is 0 Å². The van der Waals surface area contributed by atoms with Crippen molar-refractivity contribution in [3.8, 4) is 22.3 Å². The Kier molecular flexibility index (Phi) is 9.02. The molecule has 0 saturated carbocycles. The van der Waals surface area contributed by atoms with E-state index in [1.807, 2.05) is 0 Å². The minimum Gasteiger partial charge on any atom is -0.314 e. The summed E-state index contributed by atoms with van der Waals surface area (Å²) in [4.78, 5) is 4.77. The van der Waals surface area contributed by atoms with Gasteiger partial charge < -0.3 is 9.80 Å². The second-order valence-electron chi connectivity index (χ2n) is 15.7. The average Bonchev–Trinajstić information content (AvgIpc) is 3.32. The highest BCUT2D eigenvalue weighted by atomic mass is 15.2. The molecule has 1 atom stereocenters. The summed E-state index contributed by atoms with van der Waals surface area (Å²) in [6.45, 7) is 0. The van der Waals surface area contributed by atoms with E-state index in [0.717, 1.165) is 29.2 Å². The second-order valence-corrected chi connectivity index (χ2v) is 15.7. The molecule has 2 aliphatic rings. The first kappa shape index (κ1) is 35.5. The summed E-state index contributed by atoms with van der Waals surface area (Å²) in [5.41, 5.74) is 13.3. The average molecular weight is 767 g/mol. The van der Waals surface area contributed by atoms with E-state index in [1.165, 1.54) is 71.5 Å². The summed E-state index contributed by atoms with van der Waals surface area (Å²) in [6, 6.07) is 72.9. The van der Waals surface area contributed by atoms with Gasteiger partial charge in [0.25, 0.3) is 0 Å². The number of nitrogens with zero attached hydrogens (tertiary/aromatic N) is 2. The van der Waals surface area contributed by atoms with Crippen LogP contribution in [0, 0.1) is 5.92 Å². The topological polar surface area (TPSA) is 6.48 Å². The molecule has 0 fully saturated rings. The molecule has 0 aliphatic heterocycles. The van der Waals surface area contributed by atoms with Crippen LogP contribution >= 0.6 is 0 Å². The number of para-hydroxylation sites is 2. The molecule has 0 heterocycles. The lowest BCUT2D eigenvalue weighted by Crippen LogP contribution is -2.21. The third kappa shape index (κ3) is 6.40. The lowest BCUT2D eigenvalue weighted by molar-refractivity contribution is 0.732. The van der Waals surface area contributed by atoms with Crippen molar-refractivity contribution in [1.82, 2.24) is 0 Å². The van der Waals surface area contributed by atoms with Crippen LogP contribution in [0.1, 0.15) is 6.42 Å². The van der Waals surface area contributed by atoms with Crippen molar-refractivity contribution in [2.75, 3.05) is 9.80 Å². The molecule has 0 radical (unpaired) electrons. The molecule has 284 valence electrons. The number of hydrogen-bond donors (Lipinski definition) is 0. The normalized spacial score (nSPS) is 14.5. The van der Waals surface area contributed by atoms with Crippen molar-refractivity contribution in [2.24, 2.45) is 5.92 Å². The van der Waals surface area contributed by atoms with Gasteiger partial charge in [-0.3, -0.25) is 0 Å². The van der Waals surface area contributed by atoms with Gasteiger partial charge in [-0.25, -0.2) is 0 Å². The van der Waals surface area contributed by atoms with E-state index in [4.69, 9.17) is 0 Å². The maximum absolute atomic E-state index is 2.42. The highest BCUT2D eigenvalue weighted by molar-refractivity contribution is 6.21. The summed E-state index contributed by atoms with van der Waals surface area (Å²) in [7, 11) is 0. The maximum atomic E-state index is 2.42. The lowest BCUT2D eigenvalue weighted by atomic mass is 9.85. The Morgan fingerprint density at radius 1 is 0.367 bits per heavy atom. The summed E-state index contributed by atoms with van der Waals surface area (Å²) in [5, 5.41) is 7.44. The fraction of sp³-hybridized carbons (Fsp3) is 0.0345. The van der Waals surface area contributed by atoms with E-state index >= 15 is 0 Å². The van der Waals surface area contributed by atoms with Crippen LogP contribution in [0.15, 0.2) is 248 Å². The second kappa shape index (κ2) is 15.2. The first-order valence-electron chi connectivity index (χ1n) is 20.9. The lowest BCUT2D eigenvalue weighted by Gasteiger charge is -2.32. The van der Waals surface area contributed by atoms with E-state index in [9.17, 15) is 0 Å². The fourth-order valence-corrected chi connectivity index (χ4v) is 9.32. The zero-order valence-electron chi connectivity index (χ0n) is 33.2. The molecule has 0 N–H and O–H groups in total. The van der Waals surface area contributed by atoms with E-state index in [1.54, 1.807) is 0 Å². The van der Waals surface area contributed by atoms with Crippen LogP contribution in [0.25, 0.3) is 54.6 Å². The summed E-state index contributed by atoms with van der Waals surface area (Å²) >= 11 is 0. The Morgan fingerprint density at radius 3 is 1.42 bits per heavy atom. The van der Waals surface area contributed by atoms with Crippen LogP contribution < -0.4 is 9.80 Å².